The van der Waals surface area contributed by atoms with Crippen molar-refractivity contribution in [3.8, 4) is 28.4 Å². The summed E-state index contributed by atoms with van der Waals surface area (Å²) in [6, 6.07) is 19.5. The number of rotatable bonds is 19. The highest BCUT2D eigenvalue weighted by Gasteiger charge is 2.13. The Morgan fingerprint density at radius 1 is 0.600 bits per heavy atom. The highest BCUT2D eigenvalue weighted by Crippen LogP contribution is 2.26. The van der Waals surface area contributed by atoms with Crippen LogP contribution in [-0.2, 0) is 0 Å². The van der Waals surface area contributed by atoms with Crippen LogP contribution in [0.25, 0.3) is 11.1 Å². The van der Waals surface area contributed by atoms with Crippen molar-refractivity contribution in [3.63, 3.8) is 0 Å². The Balaban J connectivity index is 1.43. The third-order valence-corrected chi connectivity index (χ3v) is 6.94. The molecule has 5 heteroatoms. The molecule has 3 aromatic rings. The second kappa shape index (κ2) is 18.1. The van der Waals surface area contributed by atoms with Gasteiger partial charge in [-0.25, -0.2) is 9.18 Å². The molecule has 0 bridgehead atoms. The predicted octanol–water partition coefficient (Wildman–Crippen LogP) is 10.2. The van der Waals surface area contributed by atoms with Gasteiger partial charge in [0.15, 0.2) is 11.6 Å². The van der Waals surface area contributed by atoms with Gasteiger partial charge in [-0.2, -0.15) is 0 Å². The van der Waals surface area contributed by atoms with Gasteiger partial charge in [0.2, 0.25) is 0 Å². The van der Waals surface area contributed by atoms with Crippen LogP contribution in [0.2, 0.25) is 0 Å². The molecule has 0 unspecified atom stereocenters. The summed E-state index contributed by atoms with van der Waals surface area (Å²) in [5.74, 6) is 0.259. The zero-order chi connectivity index (χ0) is 28.4. The Hall–Kier alpha value is -3.34. The van der Waals surface area contributed by atoms with E-state index in [1.54, 1.807) is 12.1 Å². The summed E-state index contributed by atoms with van der Waals surface area (Å²) >= 11 is 0. The van der Waals surface area contributed by atoms with Gasteiger partial charge in [-0.3, -0.25) is 0 Å². The van der Waals surface area contributed by atoms with E-state index >= 15 is 0 Å². The number of ether oxygens (including phenoxy) is 3. The number of hydrogen-bond acceptors (Lipinski definition) is 4. The summed E-state index contributed by atoms with van der Waals surface area (Å²) in [5.41, 5.74) is 2.19. The zero-order valence-corrected chi connectivity index (χ0v) is 24.3. The molecule has 3 rings (SSSR count). The lowest BCUT2D eigenvalue weighted by Gasteiger charge is -2.10. The highest BCUT2D eigenvalue weighted by molar-refractivity contribution is 5.91. The standard InChI is InChI=1S/C35H45FO4/c1-3-5-7-9-11-13-25-38-31-20-15-28(16-21-31)29-17-22-32(23-18-29)40-35(37)30-19-24-34(33(36)27-30)39-26-14-12-10-8-6-4-2/h15-24,27H,3-14,25-26H2,1-2H3. The monoisotopic (exact) mass is 548 g/mol. The van der Waals surface area contributed by atoms with Crippen LogP contribution < -0.4 is 14.2 Å². The molecule has 0 aliphatic heterocycles. The zero-order valence-electron chi connectivity index (χ0n) is 24.3. The van der Waals surface area contributed by atoms with Crippen molar-refractivity contribution in [2.45, 2.75) is 90.9 Å². The van der Waals surface area contributed by atoms with Crippen LogP contribution in [0.5, 0.6) is 17.2 Å². The molecule has 0 aliphatic carbocycles. The van der Waals surface area contributed by atoms with Gasteiger partial charge in [-0.1, -0.05) is 102 Å². The van der Waals surface area contributed by atoms with Crippen molar-refractivity contribution in [1.29, 1.82) is 0 Å². The molecule has 0 aromatic heterocycles. The fraction of sp³-hybridized carbons (Fsp3) is 0.457. The Bertz CT molecular complexity index is 1130. The maximum absolute atomic E-state index is 14.5. The topological polar surface area (TPSA) is 44.8 Å². The van der Waals surface area contributed by atoms with Gasteiger partial charge in [0, 0.05) is 0 Å². The molecular weight excluding hydrogens is 503 g/mol. The van der Waals surface area contributed by atoms with E-state index in [0.29, 0.717) is 12.4 Å². The molecule has 0 saturated carbocycles. The van der Waals surface area contributed by atoms with Crippen molar-refractivity contribution in [1.82, 2.24) is 0 Å². The lowest BCUT2D eigenvalue weighted by molar-refractivity contribution is 0.0734. The molecule has 0 saturated heterocycles. The Kier molecular flexibility index (Phi) is 14.1. The maximum atomic E-state index is 14.5. The number of halogens is 1. The first-order chi connectivity index (χ1) is 19.6. The van der Waals surface area contributed by atoms with E-state index in [1.807, 2.05) is 36.4 Å². The molecule has 40 heavy (non-hydrogen) atoms. The Labute approximate surface area is 239 Å². The SMILES string of the molecule is CCCCCCCCOc1ccc(-c2ccc(OC(=O)c3ccc(OCCCCCCCC)c(F)c3)cc2)cc1. The van der Waals surface area contributed by atoms with E-state index < -0.39 is 11.8 Å². The first-order valence-electron chi connectivity index (χ1n) is 15.1. The first kappa shape index (κ1) is 31.2. The van der Waals surface area contributed by atoms with Crippen LogP contribution in [-0.4, -0.2) is 19.2 Å². The van der Waals surface area contributed by atoms with Crippen molar-refractivity contribution in [2.24, 2.45) is 0 Å². The molecule has 3 aromatic carbocycles. The van der Waals surface area contributed by atoms with Crippen molar-refractivity contribution in [2.75, 3.05) is 13.2 Å². The summed E-state index contributed by atoms with van der Waals surface area (Å²) < 4.78 is 31.4. The number of esters is 1. The quantitative estimate of drug-likeness (QED) is 0.0849. The van der Waals surface area contributed by atoms with Crippen molar-refractivity contribution < 1.29 is 23.4 Å². The maximum Gasteiger partial charge on any atom is 0.343 e. The van der Waals surface area contributed by atoms with E-state index in [4.69, 9.17) is 14.2 Å². The molecule has 0 atom stereocenters. The average molecular weight is 549 g/mol. The number of carbonyl (C=O) groups excluding carboxylic acids is 1. The molecule has 0 radical (unpaired) electrons. The minimum absolute atomic E-state index is 0.144. The lowest BCUT2D eigenvalue weighted by atomic mass is 10.1. The lowest BCUT2D eigenvalue weighted by Crippen LogP contribution is -2.09. The second-order valence-corrected chi connectivity index (χ2v) is 10.3. The largest absolute Gasteiger partial charge is 0.494 e. The van der Waals surface area contributed by atoms with Crippen LogP contribution in [0, 0.1) is 5.82 Å². The first-order valence-corrected chi connectivity index (χ1v) is 15.1. The van der Waals surface area contributed by atoms with Crippen molar-refractivity contribution >= 4 is 5.97 Å². The molecule has 0 heterocycles. The molecule has 0 aliphatic rings. The number of hydrogen-bond donors (Lipinski definition) is 0. The van der Waals surface area contributed by atoms with E-state index in [-0.39, 0.29) is 11.3 Å². The number of carbonyl (C=O) groups is 1. The fourth-order valence-corrected chi connectivity index (χ4v) is 4.51. The molecule has 0 amide bonds. The van der Waals surface area contributed by atoms with Gasteiger partial charge in [-0.05, 0) is 66.4 Å². The number of unbranched alkanes of at least 4 members (excludes halogenated alkanes) is 10. The molecule has 0 spiro atoms. The van der Waals surface area contributed by atoms with E-state index in [9.17, 15) is 9.18 Å². The van der Waals surface area contributed by atoms with Crippen LogP contribution in [0.1, 0.15) is 101 Å². The minimum Gasteiger partial charge on any atom is -0.494 e. The predicted molar refractivity (Wildman–Crippen MR) is 161 cm³/mol. The van der Waals surface area contributed by atoms with Crippen LogP contribution >= 0.6 is 0 Å². The fourth-order valence-electron chi connectivity index (χ4n) is 4.51. The Morgan fingerprint density at radius 3 is 1.65 bits per heavy atom. The minimum atomic E-state index is -0.610. The average Bonchev–Trinajstić information content (AvgIpc) is 2.97. The number of benzene rings is 3. The van der Waals surface area contributed by atoms with E-state index in [0.717, 1.165) is 42.7 Å². The Morgan fingerprint density at radius 2 is 1.10 bits per heavy atom. The molecule has 0 fully saturated rings. The van der Waals surface area contributed by atoms with Gasteiger partial charge in [0.25, 0.3) is 0 Å². The van der Waals surface area contributed by atoms with Gasteiger partial charge in [-0.15, -0.1) is 0 Å². The third kappa shape index (κ3) is 11.0. The van der Waals surface area contributed by atoms with Gasteiger partial charge >= 0.3 is 5.97 Å². The van der Waals surface area contributed by atoms with Gasteiger partial charge in [0.05, 0.1) is 18.8 Å². The summed E-state index contributed by atoms with van der Waals surface area (Å²) in [5, 5.41) is 0. The van der Waals surface area contributed by atoms with Crippen LogP contribution in [0.15, 0.2) is 66.7 Å². The molecule has 0 N–H and O–H groups in total. The smallest absolute Gasteiger partial charge is 0.343 e. The summed E-state index contributed by atoms with van der Waals surface area (Å²) in [6.45, 7) is 5.63. The van der Waals surface area contributed by atoms with Gasteiger partial charge < -0.3 is 14.2 Å². The molecule has 4 nitrogen and oxygen atoms in total. The van der Waals surface area contributed by atoms with E-state index in [1.165, 1.54) is 76.0 Å². The van der Waals surface area contributed by atoms with Crippen molar-refractivity contribution in [3.05, 3.63) is 78.1 Å². The summed E-state index contributed by atoms with van der Waals surface area (Å²) in [4.78, 5) is 12.6. The summed E-state index contributed by atoms with van der Waals surface area (Å²) in [7, 11) is 0. The van der Waals surface area contributed by atoms with Crippen LogP contribution in [0.3, 0.4) is 0 Å². The second-order valence-electron chi connectivity index (χ2n) is 10.3. The molecular formula is C35H45FO4. The van der Waals surface area contributed by atoms with E-state index in [2.05, 4.69) is 13.8 Å². The molecule has 216 valence electrons. The van der Waals surface area contributed by atoms with Crippen LogP contribution in [0.4, 0.5) is 4.39 Å². The van der Waals surface area contributed by atoms with Gasteiger partial charge in [0.1, 0.15) is 11.5 Å². The normalized spacial score (nSPS) is 10.9. The third-order valence-electron chi connectivity index (χ3n) is 6.94. The highest BCUT2D eigenvalue weighted by atomic mass is 19.1. The summed E-state index contributed by atoms with van der Waals surface area (Å²) in [6.07, 6.45) is 14.3.